The van der Waals surface area contributed by atoms with Crippen molar-refractivity contribution in [3.8, 4) is 11.3 Å². The second-order valence-electron chi connectivity index (χ2n) is 2.74. The summed E-state index contributed by atoms with van der Waals surface area (Å²) in [4.78, 5) is 14.4. The zero-order valence-corrected chi connectivity index (χ0v) is 7.18. The summed E-state index contributed by atoms with van der Waals surface area (Å²) in [5, 5.41) is 8.67. The fourth-order valence-electron chi connectivity index (χ4n) is 1.12. The molecule has 0 aliphatic rings. The summed E-state index contributed by atoms with van der Waals surface area (Å²) in [6.07, 6.45) is 4.47. The van der Waals surface area contributed by atoms with Crippen LogP contribution in [0.15, 0.2) is 41.3 Å². The Bertz CT molecular complexity index is 447. The van der Waals surface area contributed by atoms with Crippen LogP contribution < -0.4 is 0 Å². The van der Waals surface area contributed by atoms with Crippen LogP contribution in [0.5, 0.6) is 0 Å². The van der Waals surface area contributed by atoms with E-state index in [0.717, 1.165) is 5.56 Å². The van der Waals surface area contributed by atoms with Gasteiger partial charge < -0.3 is 9.52 Å². The maximum atomic E-state index is 10.6. The molecule has 0 unspecified atom stereocenters. The zero-order valence-electron chi connectivity index (χ0n) is 7.18. The number of carboxylic acid groups (broad SMARTS) is 1. The summed E-state index contributed by atoms with van der Waals surface area (Å²) in [5.41, 5.74) is 0.962. The van der Waals surface area contributed by atoms with Crippen molar-refractivity contribution >= 4 is 5.97 Å². The van der Waals surface area contributed by atoms with Gasteiger partial charge in [-0.25, -0.2) is 4.79 Å². The van der Waals surface area contributed by atoms with Gasteiger partial charge in [-0.3, -0.25) is 4.98 Å². The topological polar surface area (TPSA) is 63.3 Å². The molecule has 0 saturated heterocycles. The van der Waals surface area contributed by atoms with E-state index in [1.807, 2.05) is 0 Å². The van der Waals surface area contributed by atoms with Crippen molar-refractivity contribution in [3.05, 3.63) is 42.4 Å². The second-order valence-corrected chi connectivity index (χ2v) is 2.74. The van der Waals surface area contributed by atoms with Gasteiger partial charge in [-0.05, 0) is 18.2 Å². The molecule has 0 amide bonds. The van der Waals surface area contributed by atoms with Crippen LogP contribution in [0.25, 0.3) is 11.3 Å². The van der Waals surface area contributed by atoms with E-state index in [9.17, 15) is 4.79 Å². The molecule has 14 heavy (non-hydrogen) atoms. The molecule has 0 aliphatic heterocycles. The minimum absolute atomic E-state index is 0.150. The lowest BCUT2D eigenvalue weighted by molar-refractivity contribution is 0.0696. The summed E-state index contributed by atoms with van der Waals surface area (Å²) in [6, 6.07) is 4.99. The smallest absolute Gasteiger partial charge is 0.338 e. The maximum absolute atomic E-state index is 10.6. The highest BCUT2D eigenvalue weighted by molar-refractivity contribution is 5.88. The van der Waals surface area contributed by atoms with Crippen LogP contribution in [-0.2, 0) is 0 Å². The molecule has 0 spiro atoms. The Balaban J connectivity index is 2.39. The van der Waals surface area contributed by atoms with Gasteiger partial charge in [0.05, 0.1) is 5.56 Å². The van der Waals surface area contributed by atoms with E-state index in [4.69, 9.17) is 9.52 Å². The number of aromatic nitrogens is 1. The Hall–Kier alpha value is -2.10. The number of hydrogen-bond acceptors (Lipinski definition) is 3. The van der Waals surface area contributed by atoms with Crippen LogP contribution in [0, 0.1) is 0 Å². The van der Waals surface area contributed by atoms with Gasteiger partial charge in [0.25, 0.3) is 0 Å². The molecule has 70 valence electrons. The third kappa shape index (κ3) is 1.50. The molecule has 2 heterocycles. The molecule has 4 heteroatoms. The Labute approximate surface area is 79.8 Å². The average molecular weight is 189 g/mol. The van der Waals surface area contributed by atoms with Crippen LogP contribution in [-0.4, -0.2) is 16.1 Å². The van der Waals surface area contributed by atoms with Gasteiger partial charge >= 0.3 is 5.97 Å². The van der Waals surface area contributed by atoms with Gasteiger partial charge in [-0.1, -0.05) is 0 Å². The molecule has 2 rings (SSSR count). The number of pyridine rings is 1. The number of furan rings is 1. The van der Waals surface area contributed by atoms with Gasteiger partial charge in [-0.2, -0.15) is 0 Å². The van der Waals surface area contributed by atoms with Gasteiger partial charge in [0, 0.05) is 18.0 Å². The average Bonchev–Trinajstić information content (AvgIpc) is 2.68. The molecule has 0 bridgehead atoms. The first-order valence-electron chi connectivity index (χ1n) is 3.99. The van der Waals surface area contributed by atoms with E-state index in [-0.39, 0.29) is 5.56 Å². The van der Waals surface area contributed by atoms with Crippen molar-refractivity contribution in [1.29, 1.82) is 0 Å². The van der Waals surface area contributed by atoms with Crippen LogP contribution in [0.4, 0.5) is 0 Å². The summed E-state index contributed by atoms with van der Waals surface area (Å²) in [7, 11) is 0. The summed E-state index contributed by atoms with van der Waals surface area (Å²) in [6.45, 7) is 0. The highest BCUT2D eigenvalue weighted by Gasteiger charge is 2.08. The fourth-order valence-corrected chi connectivity index (χ4v) is 1.12. The maximum Gasteiger partial charge on any atom is 0.338 e. The number of rotatable bonds is 2. The highest BCUT2D eigenvalue weighted by atomic mass is 16.4. The number of carbonyl (C=O) groups is 1. The zero-order chi connectivity index (χ0) is 9.97. The molecule has 0 radical (unpaired) electrons. The molecule has 0 aliphatic carbocycles. The largest absolute Gasteiger partial charge is 0.478 e. The lowest BCUT2D eigenvalue weighted by Gasteiger charge is -1.92. The van der Waals surface area contributed by atoms with Gasteiger partial charge in [-0.15, -0.1) is 0 Å². The summed E-state index contributed by atoms with van der Waals surface area (Å²) < 4.78 is 5.10. The monoisotopic (exact) mass is 189 g/mol. The number of nitrogens with zero attached hydrogens (tertiary/aromatic N) is 1. The Morgan fingerprint density at radius 2 is 2.07 bits per heavy atom. The van der Waals surface area contributed by atoms with Crippen molar-refractivity contribution in [3.63, 3.8) is 0 Å². The molecular formula is C10H7NO3. The lowest BCUT2D eigenvalue weighted by Crippen LogP contribution is -1.91. The predicted molar refractivity (Wildman–Crippen MR) is 48.9 cm³/mol. The first-order chi connectivity index (χ1) is 6.77. The summed E-state index contributed by atoms with van der Waals surface area (Å²) in [5.74, 6) is -0.459. The van der Waals surface area contributed by atoms with E-state index in [1.165, 1.54) is 12.3 Å². The standard InChI is InChI=1S/C10H7NO3/c12-10(13)8-5-9(14-6-8)7-1-3-11-4-2-7/h1-6H,(H,12,13). The van der Waals surface area contributed by atoms with Crippen molar-refractivity contribution in [2.45, 2.75) is 0 Å². The second kappa shape index (κ2) is 3.33. The van der Waals surface area contributed by atoms with Crippen LogP contribution in [0.3, 0.4) is 0 Å². The van der Waals surface area contributed by atoms with E-state index in [1.54, 1.807) is 24.5 Å². The van der Waals surface area contributed by atoms with Crippen molar-refractivity contribution in [2.75, 3.05) is 0 Å². The predicted octanol–water partition coefficient (Wildman–Crippen LogP) is 2.04. The summed E-state index contributed by atoms with van der Waals surface area (Å²) >= 11 is 0. The molecule has 0 aromatic carbocycles. The fraction of sp³-hybridized carbons (Fsp3) is 0. The van der Waals surface area contributed by atoms with Crippen molar-refractivity contribution in [1.82, 2.24) is 4.98 Å². The first kappa shape index (κ1) is 8.50. The van der Waals surface area contributed by atoms with Gasteiger partial charge in [0.15, 0.2) is 0 Å². The lowest BCUT2D eigenvalue weighted by atomic mass is 10.2. The molecule has 2 aromatic heterocycles. The van der Waals surface area contributed by atoms with Crippen LogP contribution in [0.2, 0.25) is 0 Å². The minimum atomic E-state index is -0.992. The molecule has 0 saturated carbocycles. The molecule has 2 aromatic rings. The van der Waals surface area contributed by atoms with E-state index >= 15 is 0 Å². The van der Waals surface area contributed by atoms with Crippen molar-refractivity contribution < 1.29 is 14.3 Å². The molecular weight excluding hydrogens is 182 g/mol. The Morgan fingerprint density at radius 1 is 1.36 bits per heavy atom. The minimum Gasteiger partial charge on any atom is -0.478 e. The molecule has 0 fully saturated rings. The Morgan fingerprint density at radius 3 is 2.64 bits per heavy atom. The molecule has 1 N–H and O–H groups in total. The molecule has 4 nitrogen and oxygen atoms in total. The molecule has 0 atom stereocenters. The highest BCUT2D eigenvalue weighted by Crippen LogP contribution is 2.20. The number of aromatic carboxylic acids is 1. The van der Waals surface area contributed by atoms with Gasteiger partial charge in [0.1, 0.15) is 12.0 Å². The van der Waals surface area contributed by atoms with E-state index < -0.39 is 5.97 Å². The number of hydrogen-bond donors (Lipinski definition) is 1. The van der Waals surface area contributed by atoms with Crippen LogP contribution in [0.1, 0.15) is 10.4 Å². The third-order valence-corrected chi connectivity index (χ3v) is 1.81. The third-order valence-electron chi connectivity index (χ3n) is 1.81. The normalized spacial score (nSPS) is 10.0. The SMILES string of the molecule is O=C(O)c1coc(-c2ccncc2)c1. The van der Waals surface area contributed by atoms with Crippen molar-refractivity contribution in [2.24, 2.45) is 0 Å². The van der Waals surface area contributed by atoms with Gasteiger partial charge in [0.2, 0.25) is 0 Å². The van der Waals surface area contributed by atoms with E-state index in [0.29, 0.717) is 5.76 Å². The van der Waals surface area contributed by atoms with Crippen LogP contribution >= 0.6 is 0 Å². The van der Waals surface area contributed by atoms with E-state index in [2.05, 4.69) is 4.98 Å². The quantitative estimate of drug-likeness (QED) is 0.785. The Kier molecular flexibility index (Phi) is 2.02. The first-order valence-corrected chi connectivity index (χ1v) is 3.99. The number of carboxylic acids is 1.